The minimum atomic E-state index is 0.00886. The molecule has 2 aromatic rings. The van der Waals surface area contributed by atoms with Gasteiger partial charge in [-0.15, -0.1) is 0 Å². The maximum Gasteiger partial charge on any atom is 0.252 e. The van der Waals surface area contributed by atoms with Gasteiger partial charge in [0.05, 0.1) is 11.1 Å². The van der Waals surface area contributed by atoms with E-state index in [1.807, 2.05) is 24.3 Å². The van der Waals surface area contributed by atoms with E-state index in [1.54, 1.807) is 12.3 Å². The Morgan fingerprint density at radius 1 is 1.19 bits per heavy atom. The Labute approximate surface area is 133 Å². The van der Waals surface area contributed by atoms with Crippen molar-refractivity contribution in [3.63, 3.8) is 0 Å². The van der Waals surface area contributed by atoms with Gasteiger partial charge in [-0.05, 0) is 43.7 Å². The molecule has 110 valence electrons. The molecule has 1 N–H and O–H groups in total. The third-order valence-corrected chi connectivity index (χ3v) is 5.14. The van der Waals surface area contributed by atoms with Crippen LogP contribution >= 0.6 is 15.9 Å². The minimum Gasteiger partial charge on any atom is -0.352 e. The van der Waals surface area contributed by atoms with Crippen LogP contribution in [0.4, 0.5) is 0 Å². The number of nitrogens with zero attached hydrogens (tertiary/aromatic N) is 1. The standard InChI is InChI=1S/C17H19BrN2O/c18-13-7-5-12(6-8-13)11-20-17(21)15-9-10-19-16-4-2-1-3-14(15)16/h1-4,9-10,12-13H,5-8,11H2,(H,20,21). The van der Waals surface area contributed by atoms with Gasteiger partial charge in [0, 0.05) is 23.0 Å². The highest BCUT2D eigenvalue weighted by Gasteiger charge is 2.20. The fourth-order valence-electron chi connectivity index (χ4n) is 2.95. The van der Waals surface area contributed by atoms with Gasteiger partial charge in [-0.3, -0.25) is 9.78 Å². The summed E-state index contributed by atoms with van der Waals surface area (Å²) in [4.78, 5) is 17.4. The molecule has 0 atom stereocenters. The van der Waals surface area contributed by atoms with Gasteiger partial charge >= 0.3 is 0 Å². The number of hydrogen-bond acceptors (Lipinski definition) is 2. The highest BCUT2D eigenvalue weighted by Crippen LogP contribution is 2.28. The van der Waals surface area contributed by atoms with E-state index in [0.717, 1.165) is 23.0 Å². The molecule has 1 heterocycles. The Kier molecular flexibility index (Phi) is 4.54. The van der Waals surface area contributed by atoms with E-state index in [1.165, 1.54) is 25.7 Å². The summed E-state index contributed by atoms with van der Waals surface area (Å²) in [7, 11) is 0. The molecule has 0 aliphatic heterocycles. The lowest BCUT2D eigenvalue weighted by Gasteiger charge is -2.25. The average Bonchev–Trinajstić information content (AvgIpc) is 2.53. The van der Waals surface area contributed by atoms with E-state index in [9.17, 15) is 4.79 Å². The Morgan fingerprint density at radius 2 is 1.95 bits per heavy atom. The quantitative estimate of drug-likeness (QED) is 0.855. The van der Waals surface area contributed by atoms with Gasteiger partial charge < -0.3 is 5.32 Å². The highest BCUT2D eigenvalue weighted by molar-refractivity contribution is 9.09. The van der Waals surface area contributed by atoms with Gasteiger partial charge in [0.25, 0.3) is 5.91 Å². The van der Waals surface area contributed by atoms with Crippen LogP contribution in [0.3, 0.4) is 0 Å². The Morgan fingerprint density at radius 3 is 2.76 bits per heavy atom. The molecule has 1 amide bonds. The zero-order chi connectivity index (χ0) is 14.7. The lowest BCUT2D eigenvalue weighted by atomic mass is 9.89. The minimum absolute atomic E-state index is 0.00886. The third kappa shape index (κ3) is 3.43. The van der Waals surface area contributed by atoms with Gasteiger partial charge in [-0.1, -0.05) is 34.1 Å². The number of pyridine rings is 1. The number of amides is 1. The Balaban J connectivity index is 1.67. The van der Waals surface area contributed by atoms with Crippen LogP contribution in [-0.4, -0.2) is 22.3 Å². The van der Waals surface area contributed by atoms with Crippen LogP contribution in [0.15, 0.2) is 36.5 Å². The van der Waals surface area contributed by atoms with Crippen molar-refractivity contribution >= 4 is 32.7 Å². The molecule has 1 aliphatic carbocycles. The monoisotopic (exact) mass is 346 g/mol. The number of carbonyl (C=O) groups excluding carboxylic acids is 1. The maximum atomic E-state index is 12.4. The van der Waals surface area contributed by atoms with E-state index in [-0.39, 0.29) is 5.91 Å². The number of aromatic nitrogens is 1. The molecule has 3 rings (SSSR count). The Hall–Kier alpha value is -1.42. The van der Waals surface area contributed by atoms with Gasteiger partial charge in [0.15, 0.2) is 0 Å². The summed E-state index contributed by atoms with van der Waals surface area (Å²) in [6.07, 6.45) is 6.49. The fourth-order valence-corrected chi connectivity index (χ4v) is 3.48. The first-order valence-corrected chi connectivity index (χ1v) is 8.41. The molecule has 21 heavy (non-hydrogen) atoms. The summed E-state index contributed by atoms with van der Waals surface area (Å²) in [5, 5.41) is 4.01. The molecule has 1 saturated carbocycles. The van der Waals surface area contributed by atoms with Crippen molar-refractivity contribution in [2.75, 3.05) is 6.54 Å². The van der Waals surface area contributed by atoms with Crippen molar-refractivity contribution in [2.45, 2.75) is 30.5 Å². The molecule has 1 aromatic carbocycles. The second kappa shape index (κ2) is 6.56. The highest BCUT2D eigenvalue weighted by atomic mass is 79.9. The first-order valence-electron chi connectivity index (χ1n) is 7.50. The van der Waals surface area contributed by atoms with E-state index >= 15 is 0 Å². The topological polar surface area (TPSA) is 42.0 Å². The molecule has 0 saturated heterocycles. The molecule has 1 aliphatic rings. The van der Waals surface area contributed by atoms with Gasteiger partial charge in [0.2, 0.25) is 0 Å². The van der Waals surface area contributed by atoms with Crippen molar-refractivity contribution in [3.8, 4) is 0 Å². The van der Waals surface area contributed by atoms with Gasteiger partial charge in [0.1, 0.15) is 0 Å². The smallest absolute Gasteiger partial charge is 0.252 e. The fraction of sp³-hybridized carbons (Fsp3) is 0.412. The summed E-state index contributed by atoms with van der Waals surface area (Å²) in [6.45, 7) is 0.773. The zero-order valence-electron chi connectivity index (χ0n) is 11.9. The first kappa shape index (κ1) is 14.5. The number of halogens is 1. The summed E-state index contributed by atoms with van der Waals surface area (Å²) in [5.74, 6) is 0.616. The van der Waals surface area contributed by atoms with Crippen LogP contribution in [-0.2, 0) is 0 Å². The second-order valence-corrected chi connectivity index (χ2v) is 7.00. The Bertz CT molecular complexity index is 630. The molecule has 0 radical (unpaired) electrons. The van der Waals surface area contributed by atoms with Crippen LogP contribution in [0.2, 0.25) is 0 Å². The molecular weight excluding hydrogens is 328 g/mol. The van der Waals surface area contributed by atoms with E-state index in [4.69, 9.17) is 0 Å². The second-order valence-electron chi connectivity index (χ2n) is 5.70. The molecule has 1 fully saturated rings. The zero-order valence-corrected chi connectivity index (χ0v) is 13.5. The third-order valence-electron chi connectivity index (χ3n) is 4.22. The van der Waals surface area contributed by atoms with Crippen LogP contribution in [0.5, 0.6) is 0 Å². The predicted octanol–water partition coefficient (Wildman–Crippen LogP) is 3.92. The summed E-state index contributed by atoms with van der Waals surface area (Å²) < 4.78 is 0. The molecule has 4 heteroatoms. The number of fused-ring (bicyclic) bond motifs is 1. The predicted molar refractivity (Wildman–Crippen MR) is 88.7 cm³/mol. The molecular formula is C17H19BrN2O. The lowest BCUT2D eigenvalue weighted by Crippen LogP contribution is -2.31. The van der Waals surface area contributed by atoms with Crippen LogP contribution in [0, 0.1) is 5.92 Å². The summed E-state index contributed by atoms with van der Waals surface area (Å²) in [6, 6.07) is 9.57. The van der Waals surface area contributed by atoms with Crippen molar-refractivity contribution in [2.24, 2.45) is 5.92 Å². The summed E-state index contributed by atoms with van der Waals surface area (Å²) in [5.41, 5.74) is 1.58. The molecule has 0 unspecified atom stereocenters. The van der Waals surface area contributed by atoms with Gasteiger partial charge in [-0.25, -0.2) is 0 Å². The van der Waals surface area contributed by atoms with Gasteiger partial charge in [-0.2, -0.15) is 0 Å². The number of carbonyl (C=O) groups is 1. The molecule has 1 aromatic heterocycles. The van der Waals surface area contributed by atoms with E-state index < -0.39 is 0 Å². The lowest BCUT2D eigenvalue weighted by molar-refractivity contribution is 0.0945. The average molecular weight is 347 g/mol. The summed E-state index contributed by atoms with van der Waals surface area (Å²) >= 11 is 3.67. The number of nitrogens with one attached hydrogen (secondary N) is 1. The number of benzene rings is 1. The molecule has 0 spiro atoms. The van der Waals surface area contributed by atoms with Crippen molar-refractivity contribution in [3.05, 3.63) is 42.1 Å². The normalized spacial score (nSPS) is 22.1. The van der Waals surface area contributed by atoms with Crippen LogP contribution in [0.1, 0.15) is 36.0 Å². The number of alkyl halides is 1. The first-order chi connectivity index (χ1) is 10.2. The number of rotatable bonds is 3. The van der Waals surface area contributed by atoms with Crippen molar-refractivity contribution < 1.29 is 4.79 Å². The largest absolute Gasteiger partial charge is 0.352 e. The van der Waals surface area contributed by atoms with E-state index in [2.05, 4.69) is 26.2 Å². The molecule has 3 nitrogen and oxygen atoms in total. The van der Waals surface area contributed by atoms with Crippen LogP contribution in [0.25, 0.3) is 10.9 Å². The van der Waals surface area contributed by atoms with Crippen molar-refractivity contribution in [1.82, 2.24) is 10.3 Å². The maximum absolute atomic E-state index is 12.4. The molecule has 0 bridgehead atoms. The number of hydrogen-bond donors (Lipinski definition) is 1. The SMILES string of the molecule is O=C(NCC1CCC(Br)CC1)c1ccnc2ccccc12. The number of para-hydroxylation sites is 1. The van der Waals surface area contributed by atoms with E-state index in [0.29, 0.717) is 10.7 Å². The van der Waals surface area contributed by atoms with Crippen LogP contribution < -0.4 is 5.32 Å². The van der Waals surface area contributed by atoms with Crippen molar-refractivity contribution in [1.29, 1.82) is 0 Å².